The lowest BCUT2D eigenvalue weighted by atomic mass is 10.2. The zero-order chi connectivity index (χ0) is 16.5. The predicted octanol–water partition coefficient (Wildman–Crippen LogP) is 2.51. The van der Waals surface area contributed by atoms with E-state index >= 15 is 0 Å². The fourth-order valence-corrected chi connectivity index (χ4v) is 3.36. The van der Waals surface area contributed by atoms with Gasteiger partial charge in [-0.2, -0.15) is 0 Å². The van der Waals surface area contributed by atoms with Gasteiger partial charge < -0.3 is 5.32 Å². The number of nitrogens with one attached hydrogen (secondary N) is 1. The highest BCUT2D eigenvalue weighted by molar-refractivity contribution is 7.91. The van der Waals surface area contributed by atoms with Gasteiger partial charge >= 0.3 is 0 Å². The molecule has 0 aromatic heterocycles. The second-order valence-corrected chi connectivity index (χ2v) is 7.66. The zero-order valence-electron chi connectivity index (χ0n) is 12.9. The molecule has 1 N–H and O–H groups in total. The molecule has 0 saturated heterocycles. The molecule has 0 fully saturated rings. The summed E-state index contributed by atoms with van der Waals surface area (Å²) in [5.74, 6) is -0.196. The quantitative estimate of drug-likeness (QED) is 0.745. The number of hydrogen-bond acceptors (Lipinski definition) is 3. The minimum absolute atomic E-state index is 0.0328. The summed E-state index contributed by atoms with van der Waals surface area (Å²) in [6.45, 7) is 0.134. The molecule has 2 rings (SSSR count). The summed E-state index contributed by atoms with van der Waals surface area (Å²) >= 11 is 0. The standard InChI is InChI=1S/C18H21NO3S/c20-18(11-10-16-6-2-1-3-7-16)19-13-15-23(21,22)14-12-17-8-4-5-9-17/h1-4,6-11H,5,12-15H2,(H,19,20)/b11-10+. The minimum Gasteiger partial charge on any atom is -0.352 e. The summed E-state index contributed by atoms with van der Waals surface area (Å²) in [4.78, 5) is 11.7. The number of hydrogen-bond donors (Lipinski definition) is 1. The number of carbonyl (C=O) groups excluding carboxylic acids is 1. The number of amides is 1. The van der Waals surface area contributed by atoms with Crippen LogP contribution < -0.4 is 5.32 Å². The molecule has 1 aromatic carbocycles. The molecule has 23 heavy (non-hydrogen) atoms. The fourth-order valence-electron chi connectivity index (χ4n) is 2.19. The van der Waals surface area contributed by atoms with Crippen molar-refractivity contribution in [2.45, 2.75) is 12.8 Å². The topological polar surface area (TPSA) is 63.2 Å². The van der Waals surface area contributed by atoms with Gasteiger partial charge in [0, 0.05) is 12.6 Å². The third-order valence-corrected chi connectivity index (χ3v) is 5.14. The van der Waals surface area contributed by atoms with Crippen molar-refractivity contribution in [3.05, 3.63) is 65.8 Å². The van der Waals surface area contributed by atoms with E-state index in [1.807, 2.05) is 48.6 Å². The summed E-state index contributed by atoms with van der Waals surface area (Å²) in [5.41, 5.74) is 2.00. The Kier molecular flexibility index (Phi) is 6.35. The smallest absolute Gasteiger partial charge is 0.244 e. The molecule has 1 aliphatic rings. The maximum absolute atomic E-state index is 11.9. The highest BCUT2D eigenvalue weighted by atomic mass is 32.2. The van der Waals surface area contributed by atoms with Crippen molar-refractivity contribution in [3.63, 3.8) is 0 Å². The lowest BCUT2D eigenvalue weighted by molar-refractivity contribution is -0.116. The van der Waals surface area contributed by atoms with Crippen molar-refractivity contribution in [2.24, 2.45) is 0 Å². The van der Waals surface area contributed by atoms with Gasteiger partial charge in [0.05, 0.1) is 11.5 Å². The average molecular weight is 331 g/mol. The molecule has 0 saturated carbocycles. The molecule has 4 nitrogen and oxygen atoms in total. The maximum Gasteiger partial charge on any atom is 0.244 e. The highest BCUT2D eigenvalue weighted by Crippen LogP contribution is 2.13. The molecule has 0 bridgehead atoms. The molecular formula is C18H21NO3S. The van der Waals surface area contributed by atoms with E-state index in [-0.39, 0.29) is 24.0 Å². The van der Waals surface area contributed by atoms with E-state index in [0.29, 0.717) is 6.42 Å². The van der Waals surface area contributed by atoms with E-state index in [4.69, 9.17) is 0 Å². The lowest BCUT2D eigenvalue weighted by Crippen LogP contribution is -2.28. The van der Waals surface area contributed by atoms with Crippen LogP contribution in [0, 0.1) is 0 Å². The van der Waals surface area contributed by atoms with Crippen LogP contribution in [0.1, 0.15) is 18.4 Å². The average Bonchev–Trinajstić information content (AvgIpc) is 3.05. The van der Waals surface area contributed by atoms with E-state index in [1.54, 1.807) is 6.08 Å². The Morgan fingerprint density at radius 1 is 1.17 bits per heavy atom. The molecule has 0 heterocycles. The van der Waals surface area contributed by atoms with Crippen LogP contribution in [-0.2, 0) is 14.6 Å². The SMILES string of the molecule is O=C(/C=C/c1ccccc1)NCCS(=O)(=O)CCC1=CCC=C1. The van der Waals surface area contributed by atoms with Gasteiger partial charge in [-0.15, -0.1) is 0 Å². The normalized spacial score (nSPS) is 14.2. The predicted molar refractivity (Wildman–Crippen MR) is 93.6 cm³/mol. The molecule has 5 heteroatoms. The van der Waals surface area contributed by atoms with Crippen LogP contribution >= 0.6 is 0 Å². The molecule has 0 radical (unpaired) electrons. The Balaban J connectivity index is 1.69. The maximum atomic E-state index is 11.9. The van der Waals surface area contributed by atoms with Crippen molar-refractivity contribution in [1.82, 2.24) is 5.32 Å². The largest absolute Gasteiger partial charge is 0.352 e. The molecule has 1 aromatic rings. The summed E-state index contributed by atoms with van der Waals surface area (Å²) in [7, 11) is -3.15. The molecule has 0 aliphatic heterocycles. The van der Waals surface area contributed by atoms with Gasteiger partial charge in [-0.1, -0.05) is 54.1 Å². The Labute approximate surface area is 137 Å². The van der Waals surface area contributed by atoms with E-state index in [9.17, 15) is 13.2 Å². The van der Waals surface area contributed by atoms with E-state index in [2.05, 4.69) is 5.32 Å². The molecule has 0 spiro atoms. The number of benzene rings is 1. The van der Waals surface area contributed by atoms with Gasteiger partial charge in [0.1, 0.15) is 0 Å². The number of allylic oxidation sites excluding steroid dienone is 4. The van der Waals surface area contributed by atoms with Gasteiger partial charge in [-0.05, 0) is 24.5 Å². The van der Waals surface area contributed by atoms with Crippen LogP contribution in [0.15, 0.2) is 60.2 Å². The van der Waals surface area contributed by atoms with Gasteiger partial charge in [0.15, 0.2) is 9.84 Å². The van der Waals surface area contributed by atoms with Crippen LogP contribution in [0.3, 0.4) is 0 Å². The molecule has 0 unspecified atom stereocenters. The molecule has 122 valence electrons. The van der Waals surface area contributed by atoms with Crippen molar-refractivity contribution in [1.29, 1.82) is 0 Å². The number of carbonyl (C=O) groups is 1. The van der Waals surface area contributed by atoms with Gasteiger partial charge in [0.2, 0.25) is 5.91 Å². The lowest BCUT2D eigenvalue weighted by Gasteiger charge is -2.05. The Morgan fingerprint density at radius 3 is 2.65 bits per heavy atom. The van der Waals surface area contributed by atoms with Crippen LogP contribution in [-0.4, -0.2) is 32.4 Å². The van der Waals surface area contributed by atoms with Gasteiger partial charge in [0.25, 0.3) is 0 Å². The molecular weight excluding hydrogens is 310 g/mol. The van der Waals surface area contributed by atoms with Crippen LogP contribution in [0.5, 0.6) is 0 Å². The minimum atomic E-state index is -3.15. The molecule has 1 amide bonds. The Morgan fingerprint density at radius 2 is 1.96 bits per heavy atom. The molecule has 0 atom stereocenters. The van der Waals surface area contributed by atoms with Crippen LogP contribution in [0.4, 0.5) is 0 Å². The van der Waals surface area contributed by atoms with Gasteiger partial charge in [-0.25, -0.2) is 8.42 Å². The molecule has 1 aliphatic carbocycles. The summed E-state index contributed by atoms with van der Waals surface area (Å²) < 4.78 is 23.9. The number of sulfone groups is 1. The second-order valence-electron chi connectivity index (χ2n) is 5.35. The Hall–Kier alpha value is -2.14. The first kappa shape index (κ1) is 17.2. The van der Waals surface area contributed by atoms with E-state index < -0.39 is 9.84 Å². The van der Waals surface area contributed by atoms with Crippen molar-refractivity contribution in [3.8, 4) is 0 Å². The fraction of sp³-hybridized carbons (Fsp3) is 0.278. The van der Waals surface area contributed by atoms with Crippen LogP contribution in [0.2, 0.25) is 0 Å². The summed E-state index contributed by atoms with van der Waals surface area (Å²) in [6.07, 6.45) is 10.6. The summed E-state index contributed by atoms with van der Waals surface area (Å²) in [5, 5.41) is 2.60. The third kappa shape index (κ3) is 6.65. The van der Waals surface area contributed by atoms with E-state index in [1.165, 1.54) is 6.08 Å². The first-order chi connectivity index (χ1) is 11.1. The van der Waals surface area contributed by atoms with Crippen LogP contribution in [0.25, 0.3) is 6.08 Å². The monoisotopic (exact) mass is 331 g/mol. The first-order valence-corrected chi connectivity index (χ1v) is 9.44. The zero-order valence-corrected chi connectivity index (χ0v) is 13.8. The van der Waals surface area contributed by atoms with Crippen molar-refractivity contribution in [2.75, 3.05) is 18.1 Å². The van der Waals surface area contributed by atoms with Gasteiger partial charge in [-0.3, -0.25) is 4.79 Å². The first-order valence-electron chi connectivity index (χ1n) is 7.62. The van der Waals surface area contributed by atoms with Crippen molar-refractivity contribution >= 4 is 21.8 Å². The van der Waals surface area contributed by atoms with E-state index in [0.717, 1.165) is 17.6 Å². The third-order valence-electron chi connectivity index (χ3n) is 3.49. The summed E-state index contributed by atoms with van der Waals surface area (Å²) in [6, 6.07) is 9.46. The Bertz CT molecular complexity index is 716. The number of rotatable bonds is 8. The second kappa shape index (κ2) is 8.48. The van der Waals surface area contributed by atoms with Crippen molar-refractivity contribution < 1.29 is 13.2 Å². The highest BCUT2D eigenvalue weighted by Gasteiger charge is 2.12.